The summed E-state index contributed by atoms with van der Waals surface area (Å²) in [6.45, 7) is 0. The lowest BCUT2D eigenvalue weighted by molar-refractivity contribution is -0.141. The van der Waals surface area contributed by atoms with Crippen LogP contribution in [0.15, 0.2) is 46.3 Å². The largest absolute Gasteiger partial charge is 0.478 e. The first-order valence-corrected chi connectivity index (χ1v) is 6.10. The average molecular weight is 300 g/mol. The third-order valence-corrected chi connectivity index (χ3v) is 3.27. The smallest absolute Gasteiger partial charge is 0.435 e. The molecule has 0 aliphatic carbocycles. The molecule has 20 heavy (non-hydrogen) atoms. The number of carboxylic acid groups (broad SMARTS) is 1. The molecule has 0 unspecified atom stereocenters. The minimum absolute atomic E-state index is 0.0548. The molecule has 104 valence electrons. The number of hydrogen-bond donors (Lipinski definition) is 1. The monoisotopic (exact) mass is 300 g/mol. The zero-order valence-electron chi connectivity index (χ0n) is 9.76. The number of aromatic nitrogens is 2. The lowest BCUT2D eigenvalue weighted by Crippen LogP contribution is -2.08. The molecule has 0 spiro atoms. The highest BCUT2D eigenvalue weighted by Gasteiger charge is 2.32. The fourth-order valence-electron chi connectivity index (χ4n) is 1.37. The quantitative estimate of drug-likeness (QED) is 0.942. The van der Waals surface area contributed by atoms with Crippen LogP contribution in [-0.2, 0) is 6.18 Å². The maximum atomic E-state index is 12.3. The van der Waals surface area contributed by atoms with Gasteiger partial charge in [0.1, 0.15) is 5.03 Å². The summed E-state index contributed by atoms with van der Waals surface area (Å²) in [7, 11) is 0. The Morgan fingerprint density at radius 1 is 1.10 bits per heavy atom. The Balaban J connectivity index is 2.25. The molecule has 0 saturated heterocycles. The second-order valence-corrected chi connectivity index (χ2v) is 4.72. The Labute approximate surface area is 115 Å². The van der Waals surface area contributed by atoms with Gasteiger partial charge in [-0.05, 0) is 24.3 Å². The van der Waals surface area contributed by atoms with E-state index in [-0.39, 0.29) is 10.6 Å². The standard InChI is InChI=1S/C12H7F3N2O2S/c13-12(14,15)9-5-6-10(17-16-9)20-8-4-2-1-3-7(8)11(18)19/h1-6H,(H,18,19). The fraction of sp³-hybridized carbons (Fsp3) is 0.0833. The van der Waals surface area contributed by atoms with E-state index in [0.717, 1.165) is 23.9 Å². The van der Waals surface area contributed by atoms with Crippen molar-refractivity contribution in [3.05, 3.63) is 47.7 Å². The molecule has 4 nitrogen and oxygen atoms in total. The van der Waals surface area contributed by atoms with Crippen molar-refractivity contribution in [1.82, 2.24) is 10.2 Å². The number of aromatic carboxylic acids is 1. The van der Waals surface area contributed by atoms with E-state index in [4.69, 9.17) is 5.11 Å². The van der Waals surface area contributed by atoms with Crippen molar-refractivity contribution in [3.8, 4) is 0 Å². The van der Waals surface area contributed by atoms with Gasteiger partial charge in [0, 0.05) is 4.90 Å². The lowest BCUT2D eigenvalue weighted by atomic mass is 10.2. The maximum absolute atomic E-state index is 12.3. The van der Waals surface area contributed by atoms with Crippen LogP contribution in [0.25, 0.3) is 0 Å². The van der Waals surface area contributed by atoms with Crippen molar-refractivity contribution < 1.29 is 23.1 Å². The molecule has 0 saturated carbocycles. The zero-order valence-corrected chi connectivity index (χ0v) is 10.6. The van der Waals surface area contributed by atoms with Crippen LogP contribution in [0.4, 0.5) is 13.2 Å². The van der Waals surface area contributed by atoms with E-state index >= 15 is 0 Å². The van der Waals surface area contributed by atoms with Crippen LogP contribution >= 0.6 is 11.8 Å². The van der Waals surface area contributed by atoms with Crippen LogP contribution in [0.3, 0.4) is 0 Å². The summed E-state index contributed by atoms with van der Waals surface area (Å²) in [5.41, 5.74) is -1.03. The number of carbonyl (C=O) groups is 1. The summed E-state index contributed by atoms with van der Waals surface area (Å²) in [6, 6.07) is 8.10. The first-order chi connectivity index (χ1) is 9.38. The average Bonchev–Trinajstić information content (AvgIpc) is 2.38. The Kier molecular flexibility index (Phi) is 3.93. The number of halogens is 3. The van der Waals surface area contributed by atoms with Crippen LogP contribution in [0.5, 0.6) is 0 Å². The van der Waals surface area contributed by atoms with Gasteiger partial charge in [-0.2, -0.15) is 13.2 Å². The van der Waals surface area contributed by atoms with Crippen molar-refractivity contribution in [2.45, 2.75) is 16.1 Å². The molecule has 0 aliphatic rings. The number of alkyl halides is 3. The minimum atomic E-state index is -4.55. The molecule has 0 fully saturated rings. The molecule has 0 atom stereocenters. The van der Waals surface area contributed by atoms with Gasteiger partial charge in [-0.1, -0.05) is 23.9 Å². The molecule has 0 bridgehead atoms. The van der Waals surface area contributed by atoms with Gasteiger partial charge in [0.25, 0.3) is 0 Å². The molecule has 2 rings (SSSR count). The number of hydrogen-bond acceptors (Lipinski definition) is 4. The van der Waals surface area contributed by atoms with Gasteiger partial charge in [0.2, 0.25) is 0 Å². The topological polar surface area (TPSA) is 63.1 Å². The molecule has 1 aromatic carbocycles. The second kappa shape index (κ2) is 5.49. The van der Waals surface area contributed by atoms with E-state index in [2.05, 4.69) is 10.2 Å². The predicted octanol–water partition coefficient (Wildman–Crippen LogP) is 3.34. The molecular weight excluding hydrogens is 293 g/mol. The minimum Gasteiger partial charge on any atom is -0.478 e. The highest BCUT2D eigenvalue weighted by atomic mass is 32.2. The number of benzene rings is 1. The summed E-state index contributed by atoms with van der Waals surface area (Å²) in [5, 5.41) is 15.7. The third kappa shape index (κ3) is 3.27. The van der Waals surface area contributed by atoms with E-state index < -0.39 is 17.8 Å². The first-order valence-electron chi connectivity index (χ1n) is 5.29. The second-order valence-electron chi connectivity index (χ2n) is 3.66. The maximum Gasteiger partial charge on any atom is 0.435 e. The van der Waals surface area contributed by atoms with Crippen molar-refractivity contribution in [2.24, 2.45) is 0 Å². The third-order valence-electron chi connectivity index (χ3n) is 2.26. The van der Waals surface area contributed by atoms with Gasteiger partial charge < -0.3 is 5.11 Å². The van der Waals surface area contributed by atoms with Gasteiger partial charge >= 0.3 is 12.1 Å². The number of nitrogens with zero attached hydrogens (tertiary/aromatic N) is 2. The Morgan fingerprint density at radius 2 is 1.80 bits per heavy atom. The van der Waals surface area contributed by atoms with E-state index in [1.807, 2.05) is 0 Å². The molecule has 0 aliphatic heterocycles. The van der Waals surface area contributed by atoms with E-state index in [1.165, 1.54) is 6.07 Å². The van der Waals surface area contributed by atoms with Gasteiger partial charge in [-0.25, -0.2) is 4.79 Å². The highest BCUT2D eigenvalue weighted by Crippen LogP contribution is 2.31. The lowest BCUT2D eigenvalue weighted by Gasteiger charge is -2.06. The fourth-order valence-corrected chi connectivity index (χ4v) is 2.23. The molecule has 1 N–H and O–H groups in total. The van der Waals surface area contributed by atoms with Gasteiger partial charge in [-0.3, -0.25) is 0 Å². The van der Waals surface area contributed by atoms with Crippen molar-refractivity contribution in [2.75, 3.05) is 0 Å². The molecule has 0 amide bonds. The summed E-state index contributed by atoms with van der Waals surface area (Å²) >= 11 is 0.940. The van der Waals surface area contributed by atoms with E-state index in [9.17, 15) is 18.0 Å². The number of rotatable bonds is 3. The van der Waals surface area contributed by atoms with E-state index in [1.54, 1.807) is 18.2 Å². The zero-order chi connectivity index (χ0) is 14.8. The molecule has 2 aromatic rings. The summed E-state index contributed by atoms with van der Waals surface area (Å²) in [6.07, 6.45) is -4.55. The van der Waals surface area contributed by atoms with Gasteiger partial charge in [0.05, 0.1) is 5.56 Å². The summed E-state index contributed by atoms with van der Waals surface area (Å²) in [5.74, 6) is -1.12. The molecule has 1 aromatic heterocycles. The predicted molar refractivity (Wildman–Crippen MR) is 64.6 cm³/mol. The Morgan fingerprint density at radius 3 is 2.35 bits per heavy atom. The molecule has 1 heterocycles. The van der Waals surface area contributed by atoms with Crippen molar-refractivity contribution in [3.63, 3.8) is 0 Å². The van der Waals surface area contributed by atoms with Crippen LogP contribution < -0.4 is 0 Å². The summed E-state index contributed by atoms with van der Waals surface area (Å²) in [4.78, 5) is 11.4. The van der Waals surface area contributed by atoms with Crippen LogP contribution in [0, 0.1) is 0 Å². The Bertz CT molecular complexity index is 629. The van der Waals surface area contributed by atoms with Crippen molar-refractivity contribution >= 4 is 17.7 Å². The number of carboxylic acids is 1. The SMILES string of the molecule is O=C(O)c1ccccc1Sc1ccc(C(F)(F)F)nn1. The highest BCUT2D eigenvalue weighted by molar-refractivity contribution is 7.99. The van der Waals surface area contributed by atoms with Crippen molar-refractivity contribution in [1.29, 1.82) is 0 Å². The Hall–Kier alpha value is -2.09. The normalized spacial score (nSPS) is 11.3. The molecule has 8 heteroatoms. The van der Waals surface area contributed by atoms with E-state index in [0.29, 0.717) is 4.90 Å². The van der Waals surface area contributed by atoms with Crippen LogP contribution in [-0.4, -0.2) is 21.3 Å². The first kappa shape index (κ1) is 14.3. The van der Waals surface area contributed by atoms with Gasteiger partial charge in [-0.15, -0.1) is 10.2 Å². The molecular formula is C12H7F3N2O2S. The van der Waals surface area contributed by atoms with Crippen LogP contribution in [0.1, 0.15) is 16.1 Å². The summed E-state index contributed by atoms with van der Waals surface area (Å²) < 4.78 is 37.0. The molecule has 0 radical (unpaired) electrons. The van der Waals surface area contributed by atoms with Crippen LogP contribution in [0.2, 0.25) is 0 Å². The van der Waals surface area contributed by atoms with Gasteiger partial charge in [0.15, 0.2) is 5.69 Å².